The summed E-state index contributed by atoms with van der Waals surface area (Å²) in [6, 6.07) is 5.94. The minimum atomic E-state index is -0.446. The molecule has 0 aliphatic carbocycles. The molecule has 6 heteroatoms. The quantitative estimate of drug-likeness (QED) is 0.681. The first-order chi connectivity index (χ1) is 13.6. The molecule has 0 spiro atoms. The molecule has 170 valence electrons. The van der Waals surface area contributed by atoms with Crippen molar-refractivity contribution in [2.75, 3.05) is 51.5 Å². The molecule has 0 fully saturated rings. The zero-order chi connectivity index (χ0) is 23.3. The van der Waals surface area contributed by atoms with E-state index in [4.69, 9.17) is 0 Å². The van der Waals surface area contributed by atoms with Crippen molar-refractivity contribution in [2.45, 2.75) is 54.5 Å². The highest BCUT2D eigenvalue weighted by molar-refractivity contribution is 5.91. The summed E-state index contributed by atoms with van der Waals surface area (Å²) >= 11 is 0. The number of quaternary nitrogens is 1. The monoisotopic (exact) mass is 419 g/mol. The lowest BCUT2D eigenvalue weighted by atomic mass is 9.92. The van der Waals surface area contributed by atoms with Gasteiger partial charge in [-0.05, 0) is 29.2 Å². The molecule has 2 amide bonds. The number of benzene rings is 1. The maximum Gasteiger partial charge on any atom is 0.228 e. The van der Waals surface area contributed by atoms with Crippen LogP contribution in [0, 0.1) is 10.8 Å². The van der Waals surface area contributed by atoms with Crippen LogP contribution in [0.2, 0.25) is 0 Å². The van der Waals surface area contributed by atoms with Crippen molar-refractivity contribution >= 4 is 23.2 Å². The van der Waals surface area contributed by atoms with Crippen LogP contribution in [0.4, 0.5) is 11.4 Å². The van der Waals surface area contributed by atoms with E-state index >= 15 is 0 Å². The number of nitrogens with zero attached hydrogens (tertiary/aromatic N) is 2. The molecule has 2 N–H and O–H groups in total. The first kappa shape index (κ1) is 26.0. The Kier molecular flexibility index (Phi) is 8.90. The van der Waals surface area contributed by atoms with Crippen molar-refractivity contribution in [3.63, 3.8) is 0 Å². The van der Waals surface area contributed by atoms with Gasteiger partial charge in [-0.1, -0.05) is 41.5 Å². The zero-order valence-corrected chi connectivity index (χ0v) is 20.8. The van der Waals surface area contributed by atoms with E-state index in [1.54, 1.807) is 0 Å². The van der Waals surface area contributed by atoms with Gasteiger partial charge in [-0.2, -0.15) is 0 Å². The number of hydrogen-bond acceptors (Lipinski definition) is 3. The number of anilines is 2. The first-order valence-corrected chi connectivity index (χ1v) is 10.8. The van der Waals surface area contributed by atoms with Crippen molar-refractivity contribution in [3.05, 3.63) is 23.8 Å². The number of nitrogens with one attached hydrogen (secondary N) is 2. The van der Waals surface area contributed by atoms with E-state index in [-0.39, 0.29) is 17.2 Å². The van der Waals surface area contributed by atoms with E-state index in [1.165, 1.54) is 4.90 Å². The van der Waals surface area contributed by atoms with E-state index in [0.717, 1.165) is 23.5 Å². The van der Waals surface area contributed by atoms with Crippen LogP contribution >= 0.6 is 0 Å². The van der Waals surface area contributed by atoms with Crippen LogP contribution in [-0.2, 0) is 16.1 Å². The molecule has 1 aromatic rings. The lowest BCUT2D eigenvalue weighted by Crippen LogP contribution is -3.06. The van der Waals surface area contributed by atoms with Gasteiger partial charge in [0.05, 0.1) is 27.2 Å². The van der Waals surface area contributed by atoms with Crippen molar-refractivity contribution in [1.82, 2.24) is 4.90 Å². The van der Waals surface area contributed by atoms with Crippen LogP contribution in [0.1, 0.15) is 53.5 Å². The summed E-state index contributed by atoms with van der Waals surface area (Å²) in [7, 11) is 8.18. The Bertz CT molecular complexity index is 728. The summed E-state index contributed by atoms with van der Waals surface area (Å²) in [6.45, 7) is 14.1. The van der Waals surface area contributed by atoms with Gasteiger partial charge >= 0.3 is 0 Å². The predicted molar refractivity (Wildman–Crippen MR) is 126 cm³/mol. The molecule has 0 saturated heterocycles. The summed E-state index contributed by atoms with van der Waals surface area (Å²) in [5.74, 6) is 0.139. The molecule has 0 aromatic heterocycles. The van der Waals surface area contributed by atoms with Crippen LogP contribution in [0.5, 0.6) is 0 Å². The molecule has 0 unspecified atom stereocenters. The Morgan fingerprint density at radius 2 is 1.63 bits per heavy atom. The molecule has 30 heavy (non-hydrogen) atoms. The normalized spacial score (nSPS) is 12.1. The Morgan fingerprint density at radius 3 is 2.10 bits per heavy atom. The van der Waals surface area contributed by atoms with Crippen LogP contribution in [0.25, 0.3) is 0 Å². The molecule has 0 heterocycles. The predicted octanol–water partition coefficient (Wildman–Crippen LogP) is 2.65. The summed E-state index contributed by atoms with van der Waals surface area (Å²) in [4.78, 5) is 30.8. The van der Waals surface area contributed by atoms with Crippen LogP contribution in [0.3, 0.4) is 0 Å². The maximum absolute atomic E-state index is 13.1. The molecular formula is C24H43N4O2+. The van der Waals surface area contributed by atoms with E-state index < -0.39 is 5.41 Å². The standard InChI is InChI=1S/C24H42N4O2/c1-23(2,3)16-21(29)25-19-11-12-20(27(9)10)18(15-19)17-28(14-13-26(7)8)22(30)24(4,5)6/h11-12,15H,13-14,16-17H2,1-10H3,(H,25,29)/p+1. The molecule has 0 atom stereocenters. The third-order valence-electron chi connectivity index (χ3n) is 4.71. The third-order valence-corrected chi connectivity index (χ3v) is 4.71. The summed E-state index contributed by atoms with van der Waals surface area (Å²) in [5.41, 5.74) is 2.33. The molecule has 0 saturated carbocycles. The molecule has 0 bridgehead atoms. The van der Waals surface area contributed by atoms with E-state index in [1.807, 2.05) is 62.9 Å². The maximum atomic E-state index is 13.1. The molecule has 0 radical (unpaired) electrons. The van der Waals surface area contributed by atoms with Gasteiger partial charge in [-0.15, -0.1) is 0 Å². The molecule has 0 aliphatic heterocycles. The number of carbonyl (C=O) groups is 2. The van der Waals surface area contributed by atoms with Crippen molar-refractivity contribution < 1.29 is 14.5 Å². The van der Waals surface area contributed by atoms with Crippen molar-refractivity contribution in [1.29, 1.82) is 0 Å². The van der Waals surface area contributed by atoms with Crippen molar-refractivity contribution in [2.24, 2.45) is 10.8 Å². The van der Waals surface area contributed by atoms with Crippen LogP contribution in [-0.4, -0.2) is 58.0 Å². The van der Waals surface area contributed by atoms with Gasteiger partial charge in [-0.3, -0.25) is 9.59 Å². The summed E-state index contributed by atoms with van der Waals surface area (Å²) in [6.07, 6.45) is 0.456. The first-order valence-electron chi connectivity index (χ1n) is 10.8. The third kappa shape index (κ3) is 8.74. The molecule has 1 rings (SSSR count). The fraction of sp³-hybridized carbons (Fsp3) is 0.667. The van der Waals surface area contributed by atoms with Gasteiger partial charge in [0.1, 0.15) is 0 Å². The number of hydrogen-bond donors (Lipinski definition) is 2. The Morgan fingerprint density at radius 1 is 1.03 bits per heavy atom. The van der Waals surface area contributed by atoms with Gasteiger partial charge in [0, 0.05) is 43.9 Å². The second-order valence-corrected chi connectivity index (χ2v) is 11.0. The second kappa shape index (κ2) is 10.3. The number of likely N-dealkylation sites (N-methyl/N-ethyl adjacent to an activating group) is 1. The fourth-order valence-electron chi connectivity index (χ4n) is 3.20. The average Bonchev–Trinajstić information content (AvgIpc) is 2.55. The minimum absolute atomic E-state index is 0.00452. The number of carbonyl (C=O) groups excluding carboxylic acids is 2. The number of rotatable bonds is 8. The summed E-state index contributed by atoms with van der Waals surface area (Å²) in [5, 5.41) is 3.02. The van der Waals surface area contributed by atoms with E-state index in [2.05, 4.69) is 40.2 Å². The smallest absolute Gasteiger partial charge is 0.228 e. The molecule has 1 aromatic carbocycles. The Balaban J connectivity index is 3.19. The van der Waals surface area contributed by atoms with E-state index in [9.17, 15) is 9.59 Å². The summed E-state index contributed by atoms with van der Waals surface area (Å²) < 4.78 is 0. The highest BCUT2D eigenvalue weighted by Gasteiger charge is 2.28. The van der Waals surface area contributed by atoms with Crippen LogP contribution in [0.15, 0.2) is 18.2 Å². The highest BCUT2D eigenvalue weighted by atomic mass is 16.2. The molecule has 6 nitrogen and oxygen atoms in total. The van der Waals surface area contributed by atoms with Gasteiger partial charge in [0.15, 0.2) is 0 Å². The van der Waals surface area contributed by atoms with Crippen LogP contribution < -0.4 is 15.1 Å². The lowest BCUT2D eigenvalue weighted by Gasteiger charge is -2.31. The topological polar surface area (TPSA) is 57.1 Å². The second-order valence-electron chi connectivity index (χ2n) is 11.0. The minimum Gasteiger partial charge on any atom is -0.377 e. The average molecular weight is 420 g/mol. The SMILES string of the molecule is CN(C)c1ccc(NC(=O)CC(C)(C)C)cc1CN(CC[NH+](C)C)C(=O)C(C)(C)C. The Hall–Kier alpha value is -2.08. The number of amides is 2. The highest BCUT2D eigenvalue weighted by Crippen LogP contribution is 2.27. The zero-order valence-electron chi connectivity index (χ0n) is 20.8. The molecule has 0 aliphatic rings. The van der Waals surface area contributed by atoms with E-state index in [0.29, 0.717) is 19.5 Å². The van der Waals surface area contributed by atoms with Gasteiger partial charge < -0.3 is 20.0 Å². The van der Waals surface area contributed by atoms with Gasteiger partial charge in [0.25, 0.3) is 0 Å². The Labute approximate surface area is 183 Å². The van der Waals surface area contributed by atoms with Crippen molar-refractivity contribution in [3.8, 4) is 0 Å². The van der Waals surface area contributed by atoms with Gasteiger partial charge in [0.2, 0.25) is 11.8 Å². The van der Waals surface area contributed by atoms with Gasteiger partial charge in [-0.25, -0.2) is 0 Å². The largest absolute Gasteiger partial charge is 0.377 e. The molecular weight excluding hydrogens is 376 g/mol. The fourth-order valence-corrected chi connectivity index (χ4v) is 3.20. The lowest BCUT2D eigenvalue weighted by molar-refractivity contribution is -0.857.